The molecule has 82 valence electrons. The van der Waals surface area contributed by atoms with E-state index in [0.717, 1.165) is 34.9 Å². The third-order valence-corrected chi connectivity index (χ3v) is 2.94. The first-order chi connectivity index (χ1) is 7.84. The lowest BCUT2D eigenvalue weighted by Gasteiger charge is -2.09. The molecular weight excluding hydrogens is 200 g/mol. The van der Waals surface area contributed by atoms with Gasteiger partial charge in [0.1, 0.15) is 11.3 Å². The number of hydrogen-bond donors (Lipinski definition) is 1. The van der Waals surface area contributed by atoms with Crippen LogP contribution in [0.3, 0.4) is 0 Å². The molecule has 1 fully saturated rings. The van der Waals surface area contributed by atoms with Gasteiger partial charge >= 0.3 is 0 Å². The van der Waals surface area contributed by atoms with Gasteiger partial charge in [0.15, 0.2) is 0 Å². The van der Waals surface area contributed by atoms with Crippen LogP contribution in [0.1, 0.15) is 12.8 Å². The van der Waals surface area contributed by atoms with Crippen molar-refractivity contribution in [3.8, 4) is 5.75 Å². The highest BCUT2D eigenvalue weighted by Gasteiger charge is 2.22. The fraction of sp³-hybridized carbons (Fsp3) is 0.308. The molecule has 3 rings (SSSR count). The van der Waals surface area contributed by atoms with Crippen molar-refractivity contribution in [1.82, 2.24) is 4.98 Å². The van der Waals surface area contributed by atoms with E-state index in [1.54, 1.807) is 6.20 Å². The third kappa shape index (κ3) is 1.69. The van der Waals surface area contributed by atoms with E-state index in [-0.39, 0.29) is 0 Å². The minimum atomic E-state index is 0.747. The second-order valence-corrected chi connectivity index (χ2v) is 4.31. The van der Waals surface area contributed by atoms with Gasteiger partial charge in [-0.25, -0.2) is 0 Å². The van der Waals surface area contributed by atoms with E-state index in [4.69, 9.17) is 10.5 Å². The normalized spacial score (nSPS) is 15.2. The highest BCUT2D eigenvalue weighted by Crippen LogP contribution is 2.32. The Bertz CT molecular complexity index is 520. The van der Waals surface area contributed by atoms with E-state index in [0.29, 0.717) is 0 Å². The maximum absolute atomic E-state index is 5.90. The second-order valence-electron chi connectivity index (χ2n) is 4.31. The Balaban J connectivity index is 1.99. The fourth-order valence-corrected chi connectivity index (χ4v) is 1.78. The maximum atomic E-state index is 5.90. The zero-order chi connectivity index (χ0) is 11.0. The van der Waals surface area contributed by atoms with E-state index in [9.17, 15) is 0 Å². The number of nitrogens with zero attached hydrogens (tertiary/aromatic N) is 1. The summed E-state index contributed by atoms with van der Waals surface area (Å²) in [6.45, 7) is 0.801. The molecule has 0 spiro atoms. The predicted octanol–water partition coefficient (Wildman–Crippen LogP) is 2.61. The van der Waals surface area contributed by atoms with Gasteiger partial charge < -0.3 is 10.5 Å². The zero-order valence-corrected chi connectivity index (χ0v) is 9.02. The predicted molar refractivity (Wildman–Crippen MR) is 64.4 cm³/mol. The summed E-state index contributed by atoms with van der Waals surface area (Å²) in [5, 5.41) is 0.968. The van der Waals surface area contributed by atoms with Crippen molar-refractivity contribution < 1.29 is 4.74 Å². The first-order valence-electron chi connectivity index (χ1n) is 5.60. The number of hydrogen-bond acceptors (Lipinski definition) is 3. The number of nitrogen functional groups attached to an aromatic ring is 1. The van der Waals surface area contributed by atoms with Crippen LogP contribution in [-0.2, 0) is 0 Å². The van der Waals surface area contributed by atoms with Gasteiger partial charge in [0.05, 0.1) is 6.61 Å². The monoisotopic (exact) mass is 214 g/mol. The molecule has 2 N–H and O–H groups in total. The Kier molecular flexibility index (Phi) is 2.17. The Morgan fingerprint density at radius 1 is 1.31 bits per heavy atom. The van der Waals surface area contributed by atoms with Crippen LogP contribution in [0.2, 0.25) is 0 Å². The molecule has 0 unspecified atom stereocenters. The second kappa shape index (κ2) is 3.67. The fourth-order valence-electron chi connectivity index (χ4n) is 1.78. The Morgan fingerprint density at radius 3 is 3.00 bits per heavy atom. The van der Waals surface area contributed by atoms with Crippen LogP contribution >= 0.6 is 0 Å². The van der Waals surface area contributed by atoms with Crippen molar-refractivity contribution in [3.05, 3.63) is 30.5 Å². The van der Waals surface area contributed by atoms with Crippen LogP contribution in [0.25, 0.3) is 10.9 Å². The molecule has 3 nitrogen and oxygen atoms in total. The molecule has 1 aromatic carbocycles. The molecule has 0 bridgehead atoms. The van der Waals surface area contributed by atoms with E-state index < -0.39 is 0 Å². The summed E-state index contributed by atoms with van der Waals surface area (Å²) < 4.78 is 5.78. The number of benzene rings is 1. The lowest BCUT2D eigenvalue weighted by Crippen LogP contribution is -2.00. The molecule has 1 aliphatic carbocycles. The molecule has 3 heteroatoms. The minimum Gasteiger partial charge on any atom is -0.491 e. The van der Waals surface area contributed by atoms with E-state index in [2.05, 4.69) is 4.98 Å². The quantitative estimate of drug-likeness (QED) is 0.799. The van der Waals surface area contributed by atoms with Crippen LogP contribution in [0.15, 0.2) is 30.5 Å². The first-order valence-corrected chi connectivity index (χ1v) is 5.60. The van der Waals surface area contributed by atoms with E-state index >= 15 is 0 Å². The highest BCUT2D eigenvalue weighted by molar-refractivity contribution is 5.94. The zero-order valence-electron chi connectivity index (χ0n) is 9.02. The van der Waals surface area contributed by atoms with Crippen LogP contribution in [0.4, 0.5) is 5.69 Å². The summed E-state index contributed by atoms with van der Waals surface area (Å²) in [6.07, 6.45) is 4.35. The molecule has 2 aromatic rings. The molecular formula is C13H14N2O. The number of fused-ring (bicyclic) bond motifs is 1. The molecule has 1 saturated carbocycles. The average Bonchev–Trinajstić information content (AvgIpc) is 3.13. The van der Waals surface area contributed by atoms with Crippen LogP contribution in [0.5, 0.6) is 5.75 Å². The van der Waals surface area contributed by atoms with Crippen LogP contribution < -0.4 is 10.5 Å². The van der Waals surface area contributed by atoms with Gasteiger partial charge in [0, 0.05) is 17.3 Å². The summed E-state index contributed by atoms with van der Waals surface area (Å²) in [7, 11) is 0. The lowest BCUT2D eigenvalue weighted by atomic mass is 10.1. The molecule has 1 aromatic heterocycles. The number of ether oxygens (including phenoxy) is 1. The molecule has 0 radical (unpaired) electrons. The van der Waals surface area contributed by atoms with Gasteiger partial charge in [-0.2, -0.15) is 0 Å². The van der Waals surface area contributed by atoms with Gasteiger partial charge in [-0.15, -0.1) is 0 Å². The molecule has 0 amide bonds. The molecule has 0 atom stereocenters. The summed E-state index contributed by atoms with van der Waals surface area (Å²) in [5.74, 6) is 1.59. The number of nitrogens with two attached hydrogens (primary N) is 1. The van der Waals surface area contributed by atoms with Gasteiger partial charge in [0.2, 0.25) is 0 Å². The van der Waals surface area contributed by atoms with Crippen molar-refractivity contribution in [2.45, 2.75) is 12.8 Å². The van der Waals surface area contributed by atoms with E-state index in [1.807, 2.05) is 24.3 Å². The van der Waals surface area contributed by atoms with Crippen molar-refractivity contribution in [2.24, 2.45) is 5.92 Å². The third-order valence-electron chi connectivity index (χ3n) is 2.94. The molecule has 0 aliphatic heterocycles. The molecule has 1 heterocycles. The Hall–Kier alpha value is -1.77. The Labute approximate surface area is 94.2 Å². The summed E-state index contributed by atoms with van der Waals surface area (Å²) in [4.78, 5) is 4.34. The van der Waals surface area contributed by atoms with Crippen molar-refractivity contribution in [1.29, 1.82) is 0 Å². The molecule has 1 aliphatic rings. The lowest BCUT2D eigenvalue weighted by molar-refractivity contribution is 0.303. The average molecular weight is 214 g/mol. The van der Waals surface area contributed by atoms with Gasteiger partial charge in [-0.3, -0.25) is 4.98 Å². The van der Waals surface area contributed by atoms with Gasteiger partial charge in [0.25, 0.3) is 0 Å². The van der Waals surface area contributed by atoms with Crippen LogP contribution in [0, 0.1) is 5.92 Å². The van der Waals surface area contributed by atoms with Gasteiger partial charge in [-0.05, 0) is 43.0 Å². The number of rotatable bonds is 3. The smallest absolute Gasteiger partial charge is 0.145 e. The number of anilines is 1. The molecule has 0 saturated heterocycles. The first kappa shape index (κ1) is 9.46. The standard InChI is InChI=1S/C13H14N2O/c14-11-5-6-12(16-8-9-3-4-9)13-10(11)2-1-7-15-13/h1-2,5-7,9H,3-4,8,14H2. The SMILES string of the molecule is Nc1ccc(OCC2CC2)c2ncccc12. The topological polar surface area (TPSA) is 48.1 Å². The van der Waals surface area contributed by atoms with Crippen molar-refractivity contribution in [2.75, 3.05) is 12.3 Å². The minimum absolute atomic E-state index is 0.747. The summed E-state index contributed by atoms with van der Waals surface area (Å²) in [5.41, 5.74) is 7.51. The van der Waals surface area contributed by atoms with E-state index in [1.165, 1.54) is 12.8 Å². The van der Waals surface area contributed by atoms with Crippen molar-refractivity contribution in [3.63, 3.8) is 0 Å². The largest absolute Gasteiger partial charge is 0.491 e. The number of pyridine rings is 1. The van der Waals surface area contributed by atoms with Gasteiger partial charge in [-0.1, -0.05) is 0 Å². The molecule has 16 heavy (non-hydrogen) atoms. The number of aromatic nitrogens is 1. The summed E-state index contributed by atoms with van der Waals surface area (Å²) >= 11 is 0. The maximum Gasteiger partial charge on any atom is 0.145 e. The Morgan fingerprint density at radius 2 is 2.19 bits per heavy atom. The van der Waals surface area contributed by atoms with Crippen molar-refractivity contribution >= 4 is 16.6 Å². The highest BCUT2D eigenvalue weighted by atomic mass is 16.5. The van der Waals surface area contributed by atoms with Crippen LogP contribution in [-0.4, -0.2) is 11.6 Å². The summed E-state index contributed by atoms with van der Waals surface area (Å²) in [6, 6.07) is 7.66.